The van der Waals surface area contributed by atoms with Gasteiger partial charge in [-0.25, -0.2) is 9.78 Å². The van der Waals surface area contributed by atoms with E-state index in [1.54, 1.807) is 12.1 Å². The Morgan fingerprint density at radius 1 is 1.50 bits per heavy atom. The zero-order chi connectivity index (χ0) is 8.81. The summed E-state index contributed by atoms with van der Waals surface area (Å²) in [6, 6.07) is 3.22. The Morgan fingerprint density at radius 3 is 3.00 bits per heavy atom. The van der Waals surface area contributed by atoms with E-state index in [0.29, 0.717) is 5.69 Å². The largest absolute Gasteiger partial charge is 0.240 e. The van der Waals surface area contributed by atoms with Crippen LogP contribution < -0.4 is 0 Å². The molecule has 12 heavy (non-hydrogen) atoms. The molecule has 0 saturated heterocycles. The summed E-state index contributed by atoms with van der Waals surface area (Å²) in [5.41, 5.74) is 0.338. The normalized spacial score (nSPS) is 8.00. The molecule has 0 N–H and O–H groups in total. The minimum atomic E-state index is 0.274. The third-order valence-electron chi connectivity index (χ3n) is 1.08. The highest BCUT2D eigenvalue weighted by Crippen LogP contribution is 2.22. The monoisotopic (exact) mass is 177 g/mol. The van der Waals surface area contributed by atoms with Crippen LogP contribution in [-0.4, -0.2) is 16.2 Å². The van der Waals surface area contributed by atoms with Gasteiger partial charge in [0.15, 0.2) is 5.82 Å². The van der Waals surface area contributed by atoms with Crippen LogP contribution in [0.1, 0.15) is 0 Å². The second-order valence-corrected chi connectivity index (χ2v) is 1.93. The van der Waals surface area contributed by atoms with Gasteiger partial charge in [0.25, 0.3) is 0 Å². The van der Waals surface area contributed by atoms with E-state index in [2.05, 4.69) is 32.3 Å². The fourth-order valence-electron chi connectivity index (χ4n) is 0.654. The van der Waals surface area contributed by atoms with Crippen LogP contribution in [0.3, 0.4) is 0 Å². The van der Waals surface area contributed by atoms with Crippen molar-refractivity contribution < 1.29 is 4.79 Å². The number of rotatable bonds is 2. The Bertz CT molecular complexity index is 341. The number of carbonyl (C=O) groups excluding carboxylic acids is 1. The van der Waals surface area contributed by atoms with Gasteiger partial charge in [-0.05, 0) is 24.4 Å². The maximum absolute atomic E-state index is 9.92. The molecule has 0 radical (unpaired) electrons. The van der Waals surface area contributed by atoms with Crippen molar-refractivity contribution in [2.75, 3.05) is 0 Å². The third-order valence-corrected chi connectivity index (χ3v) is 1.18. The van der Waals surface area contributed by atoms with E-state index in [4.69, 9.17) is 0 Å². The quantitative estimate of drug-likeness (QED) is 0.393. The average Bonchev–Trinajstić information content (AvgIpc) is 2.09. The van der Waals surface area contributed by atoms with E-state index in [1.807, 2.05) is 0 Å². The molecule has 1 aromatic rings. The Balaban J connectivity index is 3.25. The number of isothiocyanates is 1. The van der Waals surface area contributed by atoms with Crippen molar-refractivity contribution in [1.82, 2.24) is 4.98 Å². The number of aliphatic imine (C=N–C) groups is 2. The van der Waals surface area contributed by atoms with Crippen LogP contribution in [0.25, 0.3) is 0 Å². The second-order valence-electron chi connectivity index (χ2n) is 1.75. The summed E-state index contributed by atoms with van der Waals surface area (Å²) in [5.74, 6) is 0.274. The predicted molar refractivity (Wildman–Crippen MR) is 46.7 cm³/mol. The van der Waals surface area contributed by atoms with Crippen molar-refractivity contribution in [2.24, 2.45) is 9.98 Å². The lowest BCUT2D eigenvalue weighted by molar-refractivity contribution is 0.565. The third kappa shape index (κ3) is 1.90. The smallest absolute Gasteiger partial charge is 0.235 e. The van der Waals surface area contributed by atoms with Crippen LogP contribution in [0.4, 0.5) is 11.5 Å². The van der Waals surface area contributed by atoms with Crippen LogP contribution in [0.5, 0.6) is 0 Å². The zero-order valence-corrected chi connectivity index (χ0v) is 6.71. The minimum Gasteiger partial charge on any atom is -0.235 e. The summed E-state index contributed by atoms with van der Waals surface area (Å²) in [4.78, 5) is 20.7. The van der Waals surface area contributed by atoms with Crippen LogP contribution in [-0.2, 0) is 4.79 Å². The first-order chi connectivity index (χ1) is 5.88. The van der Waals surface area contributed by atoms with Crippen LogP contribution in [0.2, 0.25) is 0 Å². The van der Waals surface area contributed by atoms with Crippen molar-refractivity contribution in [1.29, 1.82) is 0 Å². The average molecular weight is 177 g/mol. The van der Waals surface area contributed by atoms with Gasteiger partial charge in [0.2, 0.25) is 6.08 Å². The molecular formula is C7H3N3OS. The molecule has 0 aliphatic carbocycles. The van der Waals surface area contributed by atoms with Crippen molar-refractivity contribution in [3.05, 3.63) is 18.3 Å². The molecule has 1 rings (SSSR count). The Hall–Kier alpha value is -1.67. The minimum absolute atomic E-state index is 0.274. The number of thiocarbonyl (C=S) groups is 1. The molecule has 58 valence electrons. The highest BCUT2D eigenvalue weighted by Gasteiger charge is 1.97. The molecule has 0 fully saturated rings. The Kier molecular flexibility index (Phi) is 2.99. The number of nitrogens with zero attached hydrogens (tertiary/aromatic N) is 3. The Morgan fingerprint density at radius 2 is 2.33 bits per heavy atom. The molecule has 0 spiro atoms. The van der Waals surface area contributed by atoms with Crippen molar-refractivity contribution in [2.45, 2.75) is 0 Å². The number of isocyanates is 1. The van der Waals surface area contributed by atoms with Gasteiger partial charge in [-0.1, -0.05) is 0 Å². The molecule has 1 aromatic heterocycles. The molecule has 0 bridgehead atoms. The van der Waals surface area contributed by atoms with Crippen molar-refractivity contribution in [3.63, 3.8) is 0 Å². The first kappa shape index (κ1) is 8.43. The lowest BCUT2D eigenvalue weighted by Crippen LogP contribution is -1.72. The summed E-state index contributed by atoms with van der Waals surface area (Å²) in [5, 5.41) is 2.14. The number of pyridine rings is 1. The lowest BCUT2D eigenvalue weighted by atomic mass is 10.4. The van der Waals surface area contributed by atoms with E-state index in [0.717, 1.165) is 0 Å². The van der Waals surface area contributed by atoms with E-state index in [1.165, 1.54) is 12.3 Å². The molecule has 0 amide bonds. The fourth-order valence-corrected chi connectivity index (χ4v) is 0.741. The van der Waals surface area contributed by atoms with E-state index < -0.39 is 0 Å². The van der Waals surface area contributed by atoms with E-state index in [-0.39, 0.29) is 5.82 Å². The fraction of sp³-hybridized carbons (Fsp3) is 0. The van der Waals surface area contributed by atoms with Gasteiger partial charge in [-0.2, -0.15) is 9.98 Å². The lowest BCUT2D eigenvalue weighted by Gasteiger charge is -1.91. The molecule has 5 heteroatoms. The number of hydrogen-bond acceptors (Lipinski definition) is 5. The highest BCUT2D eigenvalue weighted by molar-refractivity contribution is 7.78. The predicted octanol–water partition coefficient (Wildman–Crippen LogP) is 1.78. The molecule has 0 atom stereocenters. The summed E-state index contributed by atoms with van der Waals surface area (Å²) < 4.78 is 0. The Labute approximate surface area is 73.7 Å². The van der Waals surface area contributed by atoms with Crippen molar-refractivity contribution >= 4 is 35.0 Å². The summed E-state index contributed by atoms with van der Waals surface area (Å²) in [6.45, 7) is 0. The second kappa shape index (κ2) is 4.26. The van der Waals surface area contributed by atoms with Gasteiger partial charge in [-0.3, -0.25) is 0 Å². The molecule has 0 unspecified atom stereocenters. The van der Waals surface area contributed by atoms with Gasteiger partial charge in [0, 0.05) is 6.20 Å². The summed E-state index contributed by atoms with van der Waals surface area (Å²) in [7, 11) is 0. The molecule has 0 aromatic carbocycles. The SMILES string of the molecule is O=C=Nc1cccnc1N=C=S. The maximum atomic E-state index is 9.92. The maximum Gasteiger partial charge on any atom is 0.240 e. The molecule has 0 saturated carbocycles. The molecule has 0 aliphatic heterocycles. The van der Waals surface area contributed by atoms with E-state index in [9.17, 15) is 4.79 Å². The van der Waals surface area contributed by atoms with Gasteiger partial charge < -0.3 is 0 Å². The molecule has 1 heterocycles. The van der Waals surface area contributed by atoms with Gasteiger partial charge >= 0.3 is 0 Å². The van der Waals surface area contributed by atoms with Crippen LogP contribution >= 0.6 is 12.2 Å². The number of hydrogen-bond donors (Lipinski definition) is 0. The summed E-state index contributed by atoms with van der Waals surface area (Å²) >= 11 is 4.38. The first-order valence-electron chi connectivity index (χ1n) is 2.99. The molecule has 0 aliphatic rings. The highest BCUT2D eigenvalue weighted by atomic mass is 32.1. The topological polar surface area (TPSA) is 54.7 Å². The van der Waals surface area contributed by atoms with E-state index >= 15 is 0 Å². The van der Waals surface area contributed by atoms with Crippen LogP contribution in [0.15, 0.2) is 28.3 Å². The van der Waals surface area contributed by atoms with Gasteiger partial charge in [0.1, 0.15) is 5.69 Å². The van der Waals surface area contributed by atoms with Gasteiger partial charge in [0.05, 0.1) is 5.16 Å². The first-order valence-corrected chi connectivity index (χ1v) is 3.40. The van der Waals surface area contributed by atoms with Gasteiger partial charge in [-0.15, -0.1) is 0 Å². The van der Waals surface area contributed by atoms with Crippen LogP contribution in [0, 0.1) is 0 Å². The standard InChI is InChI=1S/C7H3N3OS/c11-4-9-6-2-1-3-8-7(6)10-5-12/h1-3H. The summed E-state index contributed by atoms with van der Waals surface area (Å²) in [6.07, 6.45) is 2.92. The number of aromatic nitrogens is 1. The zero-order valence-electron chi connectivity index (χ0n) is 5.89. The van der Waals surface area contributed by atoms with Crippen molar-refractivity contribution in [3.8, 4) is 0 Å². The molecule has 4 nitrogen and oxygen atoms in total. The molecular weight excluding hydrogens is 174 g/mol.